The van der Waals surface area contributed by atoms with Crippen molar-refractivity contribution in [2.45, 2.75) is 19.3 Å². The van der Waals surface area contributed by atoms with Crippen molar-refractivity contribution in [1.29, 1.82) is 0 Å². The van der Waals surface area contributed by atoms with Crippen LogP contribution in [0.1, 0.15) is 18.4 Å². The Labute approximate surface area is 163 Å². The highest BCUT2D eigenvalue weighted by atomic mass is 35.5. The Morgan fingerprint density at radius 3 is 2.74 bits per heavy atom. The standard InChI is InChI=1S/C22H22ClN3O/c1-27-21-13-20(25-18-8-3-2-7-16(18)21)22-15(6-4-5-11-24)17-12-14(23)9-10-19(17)26-22/h2-3,7-10,12-13,26H,4-6,11,24H2,1H3. The van der Waals surface area contributed by atoms with Gasteiger partial charge in [-0.1, -0.05) is 23.7 Å². The fourth-order valence-electron chi connectivity index (χ4n) is 3.58. The van der Waals surface area contributed by atoms with Crippen LogP contribution >= 0.6 is 11.6 Å². The molecule has 0 unspecified atom stereocenters. The number of nitrogens with one attached hydrogen (secondary N) is 1. The Morgan fingerprint density at radius 2 is 1.93 bits per heavy atom. The Morgan fingerprint density at radius 1 is 1.07 bits per heavy atom. The summed E-state index contributed by atoms with van der Waals surface area (Å²) in [6.45, 7) is 0.695. The van der Waals surface area contributed by atoms with Crippen LogP contribution in [0, 0.1) is 0 Å². The number of nitrogens with two attached hydrogens (primary N) is 1. The third-order valence-electron chi connectivity index (χ3n) is 4.90. The van der Waals surface area contributed by atoms with E-state index >= 15 is 0 Å². The van der Waals surface area contributed by atoms with Crippen LogP contribution in [0.2, 0.25) is 5.02 Å². The topological polar surface area (TPSA) is 63.9 Å². The average molecular weight is 380 g/mol. The van der Waals surface area contributed by atoms with E-state index in [0.717, 1.165) is 63.2 Å². The van der Waals surface area contributed by atoms with E-state index in [9.17, 15) is 0 Å². The molecular weight excluding hydrogens is 358 g/mol. The van der Waals surface area contributed by atoms with Crippen molar-refractivity contribution in [3.63, 3.8) is 0 Å². The molecule has 2 aromatic heterocycles. The second-order valence-corrected chi connectivity index (χ2v) is 7.08. The van der Waals surface area contributed by atoms with Gasteiger partial charge in [0, 0.05) is 27.4 Å². The molecule has 0 saturated carbocycles. The van der Waals surface area contributed by atoms with Crippen LogP contribution < -0.4 is 10.5 Å². The maximum Gasteiger partial charge on any atom is 0.130 e. The maximum atomic E-state index is 6.26. The van der Waals surface area contributed by atoms with Crippen molar-refractivity contribution in [1.82, 2.24) is 9.97 Å². The third-order valence-corrected chi connectivity index (χ3v) is 5.14. The van der Waals surface area contributed by atoms with E-state index in [1.807, 2.05) is 48.5 Å². The van der Waals surface area contributed by atoms with Crippen LogP contribution in [0.25, 0.3) is 33.2 Å². The van der Waals surface area contributed by atoms with Crippen molar-refractivity contribution in [2.24, 2.45) is 5.73 Å². The Balaban J connectivity index is 1.92. The highest BCUT2D eigenvalue weighted by Gasteiger charge is 2.16. The summed E-state index contributed by atoms with van der Waals surface area (Å²) >= 11 is 6.26. The predicted octanol–water partition coefficient (Wildman–Crippen LogP) is 5.33. The summed E-state index contributed by atoms with van der Waals surface area (Å²) in [4.78, 5) is 8.43. The number of halogens is 1. The molecule has 0 aliphatic carbocycles. The molecule has 138 valence electrons. The summed E-state index contributed by atoms with van der Waals surface area (Å²) in [5.41, 5.74) is 10.8. The first kappa shape index (κ1) is 17.8. The van der Waals surface area contributed by atoms with Crippen LogP contribution in [-0.2, 0) is 6.42 Å². The minimum absolute atomic E-state index is 0.695. The molecule has 2 aromatic carbocycles. The molecule has 2 heterocycles. The van der Waals surface area contributed by atoms with E-state index in [4.69, 9.17) is 27.1 Å². The molecular formula is C22H22ClN3O. The van der Waals surface area contributed by atoms with Gasteiger partial charge in [0.2, 0.25) is 0 Å². The minimum Gasteiger partial charge on any atom is -0.496 e. The van der Waals surface area contributed by atoms with Crippen LogP contribution in [0.3, 0.4) is 0 Å². The molecule has 5 heteroatoms. The predicted molar refractivity (Wildman–Crippen MR) is 113 cm³/mol. The molecule has 4 rings (SSSR count). The summed E-state index contributed by atoms with van der Waals surface area (Å²) < 4.78 is 5.63. The van der Waals surface area contributed by atoms with Crippen molar-refractivity contribution in [3.05, 3.63) is 59.1 Å². The van der Waals surface area contributed by atoms with Gasteiger partial charge >= 0.3 is 0 Å². The van der Waals surface area contributed by atoms with Gasteiger partial charge in [-0.2, -0.15) is 0 Å². The number of methoxy groups -OCH3 is 1. The molecule has 0 spiro atoms. The highest BCUT2D eigenvalue weighted by Crippen LogP contribution is 2.35. The Kier molecular flexibility index (Phi) is 5.01. The lowest BCUT2D eigenvalue weighted by Crippen LogP contribution is -1.99. The number of aryl methyl sites for hydroxylation is 1. The lowest BCUT2D eigenvalue weighted by atomic mass is 10.0. The fourth-order valence-corrected chi connectivity index (χ4v) is 3.76. The second kappa shape index (κ2) is 7.59. The summed E-state index contributed by atoms with van der Waals surface area (Å²) in [6, 6.07) is 16.0. The number of rotatable bonds is 6. The number of aromatic amines is 1. The Bertz CT molecular complexity index is 1100. The minimum atomic E-state index is 0.695. The second-order valence-electron chi connectivity index (χ2n) is 6.64. The largest absolute Gasteiger partial charge is 0.496 e. The van der Waals surface area contributed by atoms with E-state index in [-0.39, 0.29) is 0 Å². The van der Waals surface area contributed by atoms with Crippen molar-refractivity contribution >= 4 is 33.4 Å². The lowest BCUT2D eigenvalue weighted by molar-refractivity contribution is 0.419. The average Bonchev–Trinajstić information content (AvgIpc) is 3.05. The quantitative estimate of drug-likeness (QED) is 0.445. The molecule has 3 N–H and O–H groups in total. The first-order valence-electron chi connectivity index (χ1n) is 9.15. The summed E-state index contributed by atoms with van der Waals surface area (Å²) in [7, 11) is 1.69. The first-order chi connectivity index (χ1) is 13.2. The molecule has 0 fully saturated rings. The third kappa shape index (κ3) is 3.38. The number of nitrogens with zero attached hydrogens (tertiary/aromatic N) is 1. The van der Waals surface area contributed by atoms with Gasteiger partial charge in [-0.15, -0.1) is 0 Å². The molecule has 0 radical (unpaired) electrons. The number of para-hydroxylation sites is 1. The summed E-state index contributed by atoms with van der Waals surface area (Å²) in [5, 5.41) is 2.88. The van der Waals surface area contributed by atoms with E-state index in [1.54, 1.807) is 7.11 Å². The maximum absolute atomic E-state index is 6.26. The first-order valence-corrected chi connectivity index (χ1v) is 9.53. The smallest absolute Gasteiger partial charge is 0.130 e. The highest BCUT2D eigenvalue weighted by molar-refractivity contribution is 6.31. The SMILES string of the molecule is COc1cc(-c2[nH]c3ccc(Cl)cc3c2CCCCN)nc2ccccc12. The number of pyridine rings is 1. The zero-order chi connectivity index (χ0) is 18.8. The molecule has 0 aliphatic heterocycles. The summed E-state index contributed by atoms with van der Waals surface area (Å²) in [6.07, 6.45) is 2.93. The monoisotopic (exact) mass is 379 g/mol. The summed E-state index contributed by atoms with van der Waals surface area (Å²) in [5.74, 6) is 0.820. The van der Waals surface area contributed by atoms with E-state index < -0.39 is 0 Å². The fraction of sp³-hybridized carbons (Fsp3) is 0.227. The van der Waals surface area contributed by atoms with Gasteiger partial charge in [-0.3, -0.25) is 0 Å². The van der Waals surface area contributed by atoms with Crippen molar-refractivity contribution < 1.29 is 4.74 Å². The number of fused-ring (bicyclic) bond motifs is 2. The van der Waals surface area contributed by atoms with Crippen molar-refractivity contribution in [2.75, 3.05) is 13.7 Å². The molecule has 4 nitrogen and oxygen atoms in total. The van der Waals surface area contributed by atoms with Gasteiger partial charge in [-0.25, -0.2) is 4.98 Å². The van der Waals surface area contributed by atoms with Gasteiger partial charge in [0.25, 0.3) is 0 Å². The van der Waals surface area contributed by atoms with Crippen LogP contribution in [0.15, 0.2) is 48.5 Å². The zero-order valence-electron chi connectivity index (χ0n) is 15.3. The number of aromatic nitrogens is 2. The van der Waals surface area contributed by atoms with Gasteiger partial charge in [0.05, 0.1) is 24.0 Å². The Hall–Kier alpha value is -2.56. The molecule has 0 atom stereocenters. The van der Waals surface area contributed by atoms with Crippen LogP contribution in [-0.4, -0.2) is 23.6 Å². The molecule has 0 saturated heterocycles. The molecule has 4 aromatic rings. The van der Waals surface area contributed by atoms with Gasteiger partial charge in [0.1, 0.15) is 5.75 Å². The number of ether oxygens (including phenoxy) is 1. The molecule has 27 heavy (non-hydrogen) atoms. The van der Waals surface area contributed by atoms with Gasteiger partial charge < -0.3 is 15.5 Å². The number of H-pyrrole nitrogens is 1. The van der Waals surface area contributed by atoms with E-state index in [0.29, 0.717) is 6.54 Å². The van der Waals surface area contributed by atoms with Crippen molar-refractivity contribution in [3.8, 4) is 17.1 Å². The number of unbranched alkanes of at least 4 members (excludes halogenated alkanes) is 1. The molecule has 0 aliphatic rings. The number of hydrogen-bond acceptors (Lipinski definition) is 3. The van der Waals surface area contributed by atoms with Gasteiger partial charge in [0.15, 0.2) is 0 Å². The zero-order valence-corrected chi connectivity index (χ0v) is 16.0. The van der Waals surface area contributed by atoms with Gasteiger partial charge in [-0.05, 0) is 61.7 Å². The van der Waals surface area contributed by atoms with E-state index in [1.165, 1.54) is 5.56 Å². The molecule has 0 bridgehead atoms. The van der Waals surface area contributed by atoms with E-state index in [2.05, 4.69) is 4.98 Å². The number of benzene rings is 2. The lowest BCUT2D eigenvalue weighted by Gasteiger charge is -2.10. The van der Waals surface area contributed by atoms with Crippen LogP contribution in [0.5, 0.6) is 5.75 Å². The number of hydrogen-bond donors (Lipinski definition) is 2. The normalized spacial score (nSPS) is 11.4. The molecule has 0 amide bonds. The van der Waals surface area contributed by atoms with Crippen LogP contribution in [0.4, 0.5) is 0 Å².